The largest absolute Gasteiger partial charge is 0.417 e. The number of rotatable bonds is 4. The van der Waals surface area contributed by atoms with Crippen molar-refractivity contribution in [3.63, 3.8) is 0 Å². The number of carbonyl (C=O) groups excluding carboxylic acids is 1. The summed E-state index contributed by atoms with van der Waals surface area (Å²) < 4.78 is 37.5. The maximum absolute atomic E-state index is 12.5. The summed E-state index contributed by atoms with van der Waals surface area (Å²) >= 11 is 5.45. The number of nitrogens with two attached hydrogens (primary N) is 1. The lowest BCUT2D eigenvalue weighted by Crippen LogP contribution is -2.28. The van der Waals surface area contributed by atoms with Gasteiger partial charge in [-0.3, -0.25) is 4.79 Å². The fraction of sp³-hybridized carbons (Fsp3) is 0.300. The second kappa shape index (κ2) is 5.37. The van der Waals surface area contributed by atoms with Gasteiger partial charge >= 0.3 is 6.18 Å². The Morgan fingerprint density at radius 1 is 1.41 bits per heavy atom. The fourth-order valence-corrected chi connectivity index (χ4v) is 1.45. The molecule has 0 radical (unpaired) electrons. The first-order chi connectivity index (χ1) is 7.80. The fourth-order valence-electron chi connectivity index (χ4n) is 1.23. The van der Waals surface area contributed by atoms with Crippen LogP contribution in [0.1, 0.15) is 11.1 Å². The van der Waals surface area contributed by atoms with Crippen LogP contribution in [0.3, 0.4) is 0 Å². The molecule has 0 unspecified atom stereocenters. The van der Waals surface area contributed by atoms with Gasteiger partial charge in [-0.15, -0.1) is 0 Å². The maximum atomic E-state index is 12.5. The van der Waals surface area contributed by atoms with Crippen LogP contribution < -0.4 is 11.1 Å². The SMILES string of the molecule is NC(=O)CNCc1ccc(Cl)c(C(F)(F)F)c1. The monoisotopic (exact) mass is 266 g/mol. The van der Waals surface area contributed by atoms with Gasteiger partial charge in [-0.2, -0.15) is 13.2 Å². The number of amides is 1. The van der Waals surface area contributed by atoms with Gasteiger partial charge in [0.05, 0.1) is 17.1 Å². The van der Waals surface area contributed by atoms with Crippen molar-refractivity contribution < 1.29 is 18.0 Å². The van der Waals surface area contributed by atoms with E-state index in [0.717, 1.165) is 6.07 Å². The van der Waals surface area contributed by atoms with E-state index >= 15 is 0 Å². The van der Waals surface area contributed by atoms with E-state index in [1.165, 1.54) is 12.1 Å². The lowest BCUT2D eigenvalue weighted by molar-refractivity contribution is -0.137. The minimum atomic E-state index is -4.49. The van der Waals surface area contributed by atoms with Gasteiger partial charge in [-0.25, -0.2) is 0 Å². The van der Waals surface area contributed by atoms with Crippen LogP contribution >= 0.6 is 11.6 Å². The summed E-state index contributed by atoms with van der Waals surface area (Å²) in [7, 11) is 0. The molecule has 1 aromatic carbocycles. The standard InChI is InChI=1S/C10H10ClF3N2O/c11-8-2-1-6(4-16-5-9(15)17)3-7(8)10(12,13)14/h1-3,16H,4-5H2,(H2,15,17). The van der Waals surface area contributed by atoms with E-state index in [1.807, 2.05) is 0 Å². The minimum absolute atomic E-state index is 0.0933. The summed E-state index contributed by atoms with van der Waals surface area (Å²) in [5.41, 5.74) is 4.36. The van der Waals surface area contributed by atoms with E-state index in [0.29, 0.717) is 5.56 Å². The van der Waals surface area contributed by atoms with Crippen molar-refractivity contribution in [3.05, 3.63) is 34.3 Å². The molecule has 0 atom stereocenters. The zero-order valence-electron chi connectivity index (χ0n) is 8.64. The Hall–Kier alpha value is -1.27. The van der Waals surface area contributed by atoms with Crippen LogP contribution in [-0.4, -0.2) is 12.5 Å². The molecule has 1 amide bonds. The number of hydrogen-bond donors (Lipinski definition) is 2. The molecular formula is C10H10ClF3N2O. The second-order valence-corrected chi connectivity index (χ2v) is 3.79. The molecular weight excluding hydrogens is 257 g/mol. The number of primary amides is 1. The van der Waals surface area contributed by atoms with Crippen LogP contribution in [0.4, 0.5) is 13.2 Å². The molecule has 3 nitrogen and oxygen atoms in total. The quantitative estimate of drug-likeness (QED) is 0.875. The summed E-state index contributed by atoms with van der Waals surface area (Å²) in [5, 5.41) is 2.26. The molecule has 0 fully saturated rings. The number of nitrogens with one attached hydrogen (secondary N) is 1. The van der Waals surface area contributed by atoms with Gasteiger partial charge in [0.25, 0.3) is 0 Å². The smallest absolute Gasteiger partial charge is 0.369 e. The van der Waals surface area contributed by atoms with Gasteiger partial charge in [0, 0.05) is 6.54 Å². The number of benzene rings is 1. The molecule has 0 aliphatic heterocycles. The zero-order valence-corrected chi connectivity index (χ0v) is 9.40. The molecule has 0 saturated heterocycles. The Kier molecular flexibility index (Phi) is 4.36. The van der Waals surface area contributed by atoms with E-state index in [4.69, 9.17) is 17.3 Å². The van der Waals surface area contributed by atoms with E-state index < -0.39 is 17.6 Å². The molecule has 0 saturated carbocycles. The van der Waals surface area contributed by atoms with Crippen LogP contribution in [0.25, 0.3) is 0 Å². The predicted molar refractivity (Wildman–Crippen MR) is 57.4 cm³/mol. The van der Waals surface area contributed by atoms with Crippen molar-refractivity contribution in [2.24, 2.45) is 5.73 Å². The maximum Gasteiger partial charge on any atom is 0.417 e. The second-order valence-electron chi connectivity index (χ2n) is 3.38. The van der Waals surface area contributed by atoms with Crippen molar-refractivity contribution in [2.75, 3.05) is 6.54 Å². The minimum Gasteiger partial charge on any atom is -0.369 e. The molecule has 3 N–H and O–H groups in total. The first-order valence-electron chi connectivity index (χ1n) is 4.65. The van der Waals surface area contributed by atoms with Gasteiger partial charge in [0.15, 0.2) is 0 Å². The number of carbonyl (C=O) groups is 1. The normalized spacial score (nSPS) is 11.5. The molecule has 0 heterocycles. The molecule has 0 aliphatic rings. The molecule has 0 aliphatic carbocycles. The van der Waals surface area contributed by atoms with E-state index in [-0.39, 0.29) is 18.1 Å². The Labute approximate surface area is 101 Å². The predicted octanol–water partition coefficient (Wildman–Crippen LogP) is 1.93. The Morgan fingerprint density at radius 2 is 2.06 bits per heavy atom. The Bertz CT molecular complexity index is 421. The van der Waals surface area contributed by atoms with Gasteiger partial charge in [-0.05, 0) is 17.7 Å². The molecule has 0 aromatic heterocycles. The van der Waals surface area contributed by atoms with Crippen molar-refractivity contribution >= 4 is 17.5 Å². The molecule has 1 rings (SSSR count). The van der Waals surface area contributed by atoms with E-state index in [2.05, 4.69) is 5.32 Å². The number of alkyl halides is 3. The van der Waals surface area contributed by atoms with Crippen LogP contribution in [0, 0.1) is 0 Å². The Balaban J connectivity index is 2.79. The summed E-state index contributed by atoms with van der Waals surface area (Å²) in [6.45, 7) is 0.0210. The lowest BCUT2D eigenvalue weighted by atomic mass is 10.1. The third-order valence-electron chi connectivity index (χ3n) is 1.96. The van der Waals surface area contributed by atoms with Crippen molar-refractivity contribution in [2.45, 2.75) is 12.7 Å². The topological polar surface area (TPSA) is 55.1 Å². The molecule has 0 bridgehead atoms. The van der Waals surface area contributed by atoms with Gasteiger partial charge in [0.2, 0.25) is 5.91 Å². The number of hydrogen-bond acceptors (Lipinski definition) is 2. The summed E-state index contributed by atoms with van der Waals surface area (Å²) in [6.07, 6.45) is -4.49. The van der Waals surface area contributed by atoms with Crippen LogP contribution in [-0.2, 0) is 17.5 Å². The highest BCUT2D eigenvalue weighted by atomic mass is 35.5. The molecule has 94 valence electrons. The first kappa shape index (κ1) is 13.8. The first-order valence-corrected chi connectivity index (χ1v) is 5.03. The van der Waals surface area contributed by atoms with Crippen LogP contribution in [0.5, 0.6) is 0 Å². The zero-order chi connectivity index (χ0) is 13.1. The lowest BCUT2D eigenvalue weighted by Gasteiger charge is -2.11. The van der Waals surface area contributed by atoms with Crippen molar-refractivity contribution in [1.82, 2.24) is 5.32 Å². The van der Waals surface area contributed by atoms with Crippen LogP contribution in [0.15, 0.2) is 18.2 Å². The van der Waals surface area contributed by atoms with E-state index in [9.17, 15) is 18.0 Å². The van der Waals surface area contributed by atoms with Gasteiger partial charge in [-0.1, -0.05) is 17.7 Å². The van der Waals surface area contributed by atoms with Crippen LogP contribution in [0.2, 0.25) is 5.02 Å². The average molecular weight is 267 g/mol. The molecule has 1 aromatic rings. The molecule has 7 heteroatoms. The van der Waals surface area contributed by atoms with E-state index in [1.54, 1.807) is 0 Å². The number of halogens is 4. The molecule has 17 heavy (non-hydrogen) atoms. The highest BCUT2D eigenvalue weighted by Gasteiger charge is 2.33. The van der Waals surface area contributed by atoms with Crippen molar-refractivity contribution in [1.29, 1.82) is 0 Å². The summed E-state index contributed by atoms with van der Waals surface area (Å²) in [4.78, 5) is 10.4. The highest BCUT2D eigenvalue weighted by Crippen LogP contribution is 2.35. The Morgan fingerprint density at radius 3 is 2.59 bits per heavy atom. The molecule has 0 spiro atoms. The van der Waals surface area contributed by atoms with Crippen molar-refractivity contribution in [3.8, 4) is 0 Å². The van der Waals surface area contributed by atoms with Gasteiger partial charge < -0.3 is 11.1 Å². The average Bonchev–Trinajstić information content (AvgIpc) is 2.18. The van der Waals surface area contributed by atoms with Gasteiger partial charge in [0.1, 0.15) is 0 Å². The summed E-state index contributed by atoms with van der Waals surface area (Å²) in [6, 6.07) is 3.56. The third-order valence-corrected chi connectivity index (χ3v) is 2.29. The third kappa shape index (κ3) is 4.24. The highest BCUT2D eigenvalue weighted by molar-refractivity contribution is 6.31. The summed E-state index contributed by atoms with van der Waals surface area (Å²) in [5.74, 6) is -0.574.